The second kappa shape index (κ2) is 9.52. The molecule has 12 nitrogen and oxygen atoms in total. The molecule has 0 radical (unpaired) electrons. The van der Waals surface area contributed by atoms with Crippen LogP contribution in [0.15, 0.2) is 0 Å². The summed E-state index contributed by atoms with van der Waals surface area (Å²) in [6.07, 6.45) is -12.6. The molecule has 2 aliphatic rings. The Kier molecular flexibility index (Phi) is 7.88. The van der Waals surface area contributed by atoms with Crippen LogP contribution in [-0.4, -0.2) is 118 Å². The van der Waals surface area contributed by atoms with E-state index in [0.29, 0.717) is 0 Å². The molecule has 2 aliphatic heterocycles. The Morgan fingerprint density at radius 2 is 1.52 bits per heavy atom. The molecular weight excluding hydrogens is 370 g/mol. The lowest BCUT2D eigenvalue weighted by atomic mass is 9.95. The van der Waals surface area contributed by atoms with E-state index < -0.39 is 80.5 Å². The molecule has 2 fully saturated rings. The number of aliphatic hydroxyl groups is 6. The van der Waals surface area contributed by atoms with E-state index in [-0.39, 0.29) is 0 Å². The van der Waals surface area contributed by atoms with E-state index >= 15 is 0 Å². The Labute approximate surface area is 155 Å². The molecule has 1 amide bonds. The maximum absolute atomic E-state index is 11.4. The van der Waals surface area contributed by atoms with Crippen LogP contribution in [0.25, 0.3) is 0 Å². The van der Waals surface area contributed by atoms with E-state index in [2.05, 4.69) is 5.32 Å². The SMILES string of the molecule is CO[C@@H]1O[C@H](CO)[C@@H](O[C@@H]2O[C@H](CO)[C@H](O)[C@H](O)[C@H]2O)[C@H](O)[C@@H]1NC(C)=O. The largest absolute Gasteiger partial charge is 0.394 e. The molecule has 12 heteroatoms. The van der Waals surface area contributed by atoms with Crippen molar-refractivity contribution in [2.24, 2.45) is 0 Å². The van der Waals surface area contributed by atoms with Gasteiger partial charge in [-0.2, -0.15) is 0 Å². The van der Waals surface area contributed by atoms with Crippen molar-refractivity contribution in [3.05, 3.63) is 0 Å². The fraction of sp³-hybridized carbons (Fsp3) is 0.933. The predicted molar refractivity (Wildman–Crippen MR) is 85.0 cm³/mol. The van der Waals surface area contributed by atoms with E-state index in [1.807, 2.05) is 0 Å². The highest BCUT2D eigenvalue weighted by Crippen LogP contribution is 2.29. The number of hydrogen-bond acceptors (Lipinski definition) is 11. The molecular formula is C15H27NO11. The molecule has 0 aromatic rings. The van der Waals surface area contributed by atoms with Crippen LogP contribution in [0.1, 0.15) is 6.92 Å². The minimum atomic E-state index is -1.70. The Hall–Kier alpha value is -0.930. The zero-order chi connectivity index (χ0) is 20.3. The van der Waals surface area contributed by atoms with Gasteiger partial charge in [-0.1, -0.05) is 0 Å². The molecule has 2 saturated heterocycles. The van der Waals surface area contributed by atoms with Crippen molar-refractivity contribution >= 4 is 5.91 Å². The van der Waals surface area contributed by atoms with Crippen LogP contribution in [0, 0.1) is 0 Å². The second-order valence-corrected chi connectivity index (χ2v) is 6.48. The van der Waals surface area contributed by atoms with Crippen molar-refractivity contribution < 1.29 is 54.4 Å². The van der Waals surface area contributed by atoms with Crippen LogP contribution in [0.3, 0.4) is 0 Å². The van der Waals surface area contributed by atoms with E-state index in [0.717, 1.165) is 0 Å². The van der Waals surface area contributed by atoms with Gasteiger partial charge in [-0.15, -0.1) is 0 Å². The van der Waals surface area contributed by atoms with Crippen LogP contribution in [0.4, 0.5) is 0 Å². The minimum absolute atomic E-state index is 0.473. The van der Waals surface area contributed by atoms with Gasteiger partial charge >= 0.3 is 0 Å². The first-order chi connectivity index (χ1) is 12.7. The summed E-state index contributed by atoms with van der Waals surface area (Å²) in [5.74, 6) is -0.473. The summed E-state index contributed by atoms with van der Waals surface area (Å²) in [6.45, 7) is -0.0188. The number of amides is 1. The number of carbonyl (C=O) groups is 1. The van der Waals surface area contributed by atoms with Crippen molar-refractivity contribution in [1.82, 2.24) is 5.32 Å². The molecule has 0 spiro atoms. The molecule has 10 atom stereocenters. The Morgan fingerprint density at radius 3 is 2.04 bits per heavy atom. The lowest BCUT2D eigenvalue weighted by Crippen LogP contribution is -2.67. The van der Waals surface area contributed by atoms with Crippen LogP contribution in [-0.2, 0) is 23.7 Å². The summed E-state index contributed by atoms with van der Waals surface area (Å²) < 4.78 is 21.3. The first kappa shape index (κ1) is 22.4. The van der Waals surface area contributed by atoms with E-state index in [9.17, 15) is 35.4 Å². The first-order valence-corrected chi connectivity index (χ1v) is 8.45. The van der Waals surface area contributed by atoms with Crippen molar-refractivity contribution in [2.45, 2.75) is 68.3 Å². The highest BCUT2D eigenvalue weighted by molar-refractivity contribution is 5.73. The van der Waals surface area contributed by atoms with E-state index in [1.54, 1.807) is 0 Å². The van der Waals surface area contributed by atoms with Crippen LogP contribution in [0.5, 0.6) is 0 Å². The summed E-state index contributed by atoms with van der Waals surface area (Å²) in [5, 5.41) is 61.6. The Balaban J connectivity index is 2.19. The highest BCUT2D eigenvalue weighted by Gasteiger charge is 2.51. The number of methoxy groups -OCH3 is 1. The first-order valence-electron chi connectivity index (χ1n) is 8.45. The Bertz CT molecular complexity index is 492. The smallest absolute Gasteiger partial charge is 0.217 e. The fourth-order valence-corrected chi connectivity index (χ4v) is 3.16. The molecule has 0 aromatic heterocycles. The van der Waals surface area contributed by atoms with Crippen molar-refractivity contribution in [2.75, 3.05) is 20.3 Å². The molecule has 0 aliphatic carbocycles. The third-order valence-electron chi connectivity index (χ3n) is 4.59. The number of ether oxygens (including phenoxy) is 4. The van der Waals surface area contributed by atoms with Gasteiger partial charge in [0.15, 0.2) is 12.6 Å². The highest BCUT2D eigenvalue weighted by atomic mass is 16.7. The normalized spacial score (nSPS) is 45.5. The van der Waals surface area contributed by atoms with Crippen LogP contribution >= 0.6 is 0 Å². The molecule has 7 N–H and O–H groups in total. The standard InChI is InChI=1S/C15H27NO11/c1-5(19)16-8-10(21)13(7(4-18)26-14(8)24-2)27-15-12(23)11(22)9(20)6(3-17)25-15/h6-15,17-18,20-23H,3-4H2,1-2H3,(H,16,19)/t6-,7-,8+,9+,10-,11+,12-,13-,14-,15+/m1/s1. The molecule has 0 aromatic carbocycles. The van der Waals surface area contributed by atoms with E-state index in [1.165, 1.54) is 14.0 Å². The molecule has 158 valence electrons. The molecule has 2 heterocycles. The zero-order valence-corrected chi connectivity index (χ0v) is 14.9. The fourth-order valence-electron chi connectivity index (χ4n) is 3.16. The van der Waals surface area contributed by atoms with Gasteiger partial charge in [0.2, 0.25) is 5.91 Å². The third-order valence-corrected chi connectivity index (χ3v) is 4.59. The number of rotatable bonds is 6. The summed E-state index contributed by atoms with van der Waals surface area (Å²) in [4.78, 5) is 11.4. The summed E-state index contributed by atoms with van der Waals surface area (Å²) >= 11 is 0. The number of nitrogens with one attached hydrogen (secondary N) is 1. The lowest BCUT2D eigenvalue weighted by Gasteiger charge is -2.46. The third kappa shape index (κ3) is 4.74. The van der Waals surface area contributed by atoms with Crippen molar-refractivity contribution in [1.29, 1.82) is 0 Å². The quantitative estimate of drug-likeness (QED) is 0.228. The molecule has 2 rings (SSSR count). The van der Waals surface area contributed by atoms with Crippen molar-refractivity contribution in [3.8, 4) is 0 Å². The molecule has 0 bridgehead atoms. The van der Waals surface area contributed by atoms with Gasteiger partial charge in [-0.25, -0.2) is 0 Å². The van der Waals surface area contributed by atoms with Crippen LogP contribution < -0.4 is 5.32 Å². The monoisotopic (exact) mass is 397 g/mol. The van der Waals surface area contributed by atoms with Gasteiger partial charge in [0.05, 0.1) is 13.2 Å². The van der Waals surface area contributed by atoms with Gasteiger partial charge in [0.1, 0.15) is 48.8 Å². The van der Waals surface area contributed by atoms with Gasteiger partial charge in [0.25, 0.3) is 0 Å². The molecule has 27 heavy (non-hydrogen) atoms. The average Bonchev–Trinajstić information content (AvgIpc) is 2.64. The molecule has 0 saturated carbocycles. The van der Waals surface area contributed by atoms with E-state index in [4.69, 9.17) is 18.9 Å². The second-order valence-electron chi connectivity index (χ2n) is 6.48. The maximum atomic E-state index is 11.4. The van der Waals surface area contributed by atoms with Gasteiger partial charge in [0, 0.05) is 14.0 Å². The number of hydrogen-bond donors (Lipinski definition) is 7. The predicted octanol–water partition coefficient (Wildman–Crippen LogP) is -4.60. The summed E-state index contributed by atoms with van der Waals surface area (Å²) in [5.41, 5.74) is 0. The van der Waals surface area contributed by atoms with Gasteiger partial charge in [-0.3, -0.25) is 4.79 Å². The zero-order valence-electron chi connectivity index (χ0n) is 14.9. The number of carbonyl (C=O) groups excluding carboxylic acids is 1. The van der Waals surface area contributed by atoms with Gasteiger partial charge in [-0.05, 0) is 0 Å². The van der Waals surface area contributed by atoms with Crippen molar-refractivity contribution in [3.63, 3.8) is 0 Å². The minimum Gasteiger partial charge on any atom is -0.394 e. The average molecular weight is 397 g/mol. The topological polar surface area (TPSA) is 187 Å². The number of aliphatic hydroxyl groups excluding tert-OH is 6. The maximum Gasteiger partial charge on any atom is 0.217 e. The Morgan fingerprint density at radius 1 is 0.926 bits per heavy atom. The van der Waals surface area contributed by atoms with Gasteiger partial charge < -0.3 is 54.9 Å². The summed E-state index contributed by atoms with van der Waals surface area (Å²) in [6, 6.07) is -1.05. The lowest BCUT2D eigenvalue weighted by molar-refractivity contribution is -0.346. The van der Waals surface area contributed by atoms with Crippen LogP contribution in [0.2, 0.25) is 0 Å². The summed E-state index contributed by atoms with van der Waals surface area (Å²) in [7, 11) is 1.29. The molecule has 0 unspecified atom stereocenters.